The second kappa shape index (κ2) is 4.58. The summed E-state index contributed by atoms with van der Waals surface area (Å²) in [5, 5.41) is 8.16. The summed E-state index contributed by atoms with van der Waals surface area (Å²) in [7, 11) is 0. The van der Waals surface area contributed by atoms with Gasteiger partial charge >= 0.3 is 0 Å². The third-order valence-electron chi connectivity index (χ3n) is 3.78. The first kappa shape index (κ1) is 11.6. The Hall–Kier alpha value is -0.830. The van der Waals surface area contributed by atoms with Gasteiger partial charge in [0.1, 0.15) is 0 Å². The highest BCUT2D eigenvalue weighted by Crippen LogP contribution is 2.37. The van der Waals surface area contributed by atoms with Gasteiger partial charge in [0, 0.05) is 12.7 Å². The number of rotatable bonds is 4. The summed E-state index contributed by atoms with van der Waals surface area (Å²) < 4.78 is 2.18. The number of hydrogen-bond donors (Lipinski definition) is 1. The van der Waals surface area contributed by atoms with E-state index in [4.69, 9.17) is 0 Å². The Morgan fingerprint density at radius 3 is 2.94 bits per heavy atom. The Morgan fingerprint density at radius 2 is 2.38 bits per heavy atom. The maximum atomic E-state index is 4.45. The number of aromatic nitrogens is 2. The largest absolute Gasteiger partial charge is 0.306 e. The maximum absolute atomic E-state index is 4.45. The first-order valence-electron chi connectivity index (χ1n) is 6.48. The van der Waals surface area contributed by atoms with Crippen molar-refractivity contribution in [2.45, 2.75) is 52.1 Å². The van der Waals surface area contributed by atoms with E-state index < -0.39 is 0 Å². The molecule has 1 aromatic heterocycles. The number of aryl methyl sites for hydroxylation is 1. The lowest BCUT2D eigenvalue weighted by Crippen LogP contribution is -2.43. The van der Waals surface area contributed by atoms with E-state index >= 15 is 0 Å². The molecule has 3 heteroatoms. The normalized spacial score (nSPS) is 25.5. The minimum absolute atomic E-state index is 0.158. The topological polar surface area (TPSA) is 29.9 Å². The molecule has 0 saturated carbocycles. The van der Waals surface area contributed by atoms with Crippen LogP contribution in [0.15, 0.2) is 12.3 Å². The Morgan fingerprint density at radius 1 is 1.56 bits per heavy atom. The van der Waals surface area contributed by atoms with Crippen LogP contribution in [-0.2, 0) is 12.1 Å². The second-order valence-electron chi connectivity index (χ2n) is 5.10. The molecule has 1 aromatic rings. The van der Waals surface area contributed by atoms with Gasteiger partial charge in [0.15, 0.2) is 0 Å². The number of nitrogens with zero attached hydrogens (tertiary/aromatic N) is 2. The molecule has 2 heterocycles. The lowest BCUT2D eigenvalue weighted by Gasteiger charge is -2.34. The predicted molar refractivity (Wildman–Crippen MR) is 66.3 cm³/mol. The van der Waals surface area contributed by atoms with Gasteiger partial charge in [-0.1, -0.05) is 20.8 Å². The van der Waals surface area contributed by atoms with E-state index in [9.17, 15) is 0 Å². The fraction of sp³-hybridized carbons (Fsp3) is 0.769. The van der Waals surface area contributed by atoms with E-state index in [-0.39, 0.29) is 5.54 Å². The van der Waals surface area contributed by atoms with Crippen LogP contribution in [0.25, 0.3) is 0 Å². The van der Waals surface area contributed by atoms with Gasteiger partial charge in [-0.05, 0) is 37.8 Å². The van der Waals surface area contributed by atoms with Crippen LogP contribution in [0, 0.1) is 5.92 Å². The molecule has 1 atom stereocenters. The smallest absolute Gasteiger partial charge is 0.0629 e. The second-order valence-corrected chi connectivity index (χ2v) is 5.10. The van der Waals surface area contributed by atoms with Crippen molar-refractivity contribution in [2.75, 3.05) is 6.54 Å². The summed E-state index contributed by atoms with van der Waals surface area (Å²) in [5.74, 6) is 0.613. The molecular formula is C13H23N3. The van der Waals surface area contributed by atoms with Gasteiger partial charge in [0.2, 0.25) is 0 Å². The molecule has 16 heavy (non-hydrogen) atoms. The van der Waals surface area contributed by atoms with Crippen LogP contribution in [0.3, 0.4) is 0 Å². The quantitative estimate of drug-likeness (QED) is 0.846. The SMILES string of the molecule is CCCn1nccc1C1(C(C)C)CCCN1. The van der Waals surface area contributed by atoms with Gasteiger partial charge in [-0.2, -0.15) is 5.10 Å². The molecule has 0 spiro atoms. The number of nitrogens with one attached hydrogen (secondary N) is 1. The standard InChI is InChI=1S/C13H23N3/c1-4-10-16-12(6-9-15-16)13(11(2)3)7-5-8-14-13/h6,9,11,14H,4-5,7-8,10H2,1-3H3. The third kappa shape index (κ3) is 1.77. The monoisotopic (exact) mass is 221 g/mol. The summed E-state index contributed by atoms with van der Waals surface area (Å²) in [6.07, 6.45) is 5.59. The van der Waals surface area contributed by atoms with Gasteiger partial charge in [0.25, 0.3) is 0 Å². The molecule has 0 radical (unpaired) electrons. The van der Waals surface area contributed by atoms with Crippen molar-refractivity contribution < 1.29 is 0 Å². The van der Waals surface area contributed by atoms with Crippen LogP contribution in [0.5, 0.6) is 0 Å². The van der Waals surface area contributed by atoms with Crippen LogP contribution in [-0.4, -0.2) is 16.3 Å². The molecule has 90 valence electrons. The molecule has 2 rings (SSSR count). The van der Waals surface area contributed by atoms with Crippen molar-refractivity contribution in [3.63, 3.8) is 0 Å². The van der Waals surface area contributed by atoms with Crippen LogP contribution in [0.4, 0.5) is 0 Å². The summed E-state index contributed by atoms with van der Waals surface area (Å²) in [4.78, 5) is 0. The van der Waals surface area contributed by atoms with Crippen LogP contribution in [0.2, 0.25) is 0 Å². The highest BCUT2D eigenvalue weighted by atomic mass is 15.3. The molecule has 0 aliphatic carbocycles. The van der Waals surface area contributed by atoms with Crippen LogP contribution < -0.4 is 5.32 Å². The van der Waals surface area contributed by atoms with Gasteiger partial charge in [-0.15, -0.1) is 0 Å². The van der Waals surface area contributed by atoms with Gasteiger partial charge < -0.3 is 5.32 Å². The van der Waals surface area contributed by atoms with E-state index in [1.54, 1.807) is 0 Å². The third-order valence-corrected chi connectivity index (χ3v) is 3.78. The first-order valence-corrected chi connectivity index (χ1v) is 6.48. The Balaban J connectivity index is 2.35. The average molecular weight is 221 g/mol. The molecule has 0 bridgehead atoms. The van der Waals surface area contributed by atoms with Crippen molar-refractivity contribution in [1.29, 1.82) is 0 Å². The average Bonchev–Trinajstić information content (AvgIpc) is 2.85. The lowest BCUT2D eigenvalue weighted by molar-refractivity contribution is 0.255. The van der Waals surface area contributed by atoms with Crippen molar-refractivity contribution in [1.82, 2.24) is 15.1 Å². The molecule has 0 amide bonds. The summed E-state index contributed by atoms with van der Waals surface area (Å²) >= 11 is 0. The molecule has 0 aromatic carbocycles. The minimum Gasteiger partial charge on any atom is -0.306 e. The Bertz CT molecular complexity index is 335. The van der Waals surface area contributed by atoms with Crippen LogP contribution in [0.1, 0.15) is 45.7 Å². The highest BCUT2D eigenvalue weighted by molar-refractivity contribution is 5.18. The molecule has 1 unspecified atom stereocenters. The molecule has 1 aliphatic rings. The van der Waals surface area contributed by atoms with Crippen molar-refractivity contribution in [3.05, 3.63) is 18.0 Å². The fourth-order valence-electron chi connectivity index (χ4n) is 2.88. The number of hydrogen-bond acceptors (Lipinski definition) is 2. The lowest BCUT2D eigenvalue weighted by atomic mass is 9.82. The summed E-state index contributed by atoms with van der Waals surface area (Å²) in [6, 6.07) is 2.19. The van der Waals surface area contributed by atoms with E-state index in [0.29, 0.717) is 5.92 Å². The summed E-state index contributed by atoms with van der Waals surface area (Å²) in [6.45, 7) is 8.98. The molecule has 3 nitrogen and oxygen atoms in total. The highest BCUT2D eigenvalue weighted by Gasteiger charge is 2.40. The van der Waals surface area contributed by atoms with E-state index in [1.165, 1.54) is 18.5 Å². The molecule has 1 N–H and O–H groups in total. The maximum Gasteiger partial charge on any atom is 0.0629 e. The zero-order valence-electron chi connectivity index (χ0n) is 10.7. The van der Waals surface area contributed by atoms with Crippen molar-refractivity contribution in [2.24, 2.45) is 5.92 Å². The first-order chi connectivity index (χ1) is 7.70. The van der Waals surface area contributed by atoms with E-state index in [0.717, 1.165) is 19.5 Å². The zero-order valence-corrected chi connectivity index (χ0v) is 10.7. The molecule has 1 saturated heterocycles. The zero-order chi connectivity index (χ0) is 11.6. The van der Waals surface area contributed by atoms with Crippen molar-refractivity contribution in [3.8, 4) is 0 Å². The predicted octanol–water partition coefficient (Wildman–Crippen LogP) is 2.53. The fourth-order valence-corrected chi connectivity index (χ4v) is 2.88. The summed E-state index contributed by atoms with van der Waals surface area (Å²) in [5.41, 5.74) is 1.54. The van der Waals surface area contributed by atoms with Crippen molar-refractivity contribution >= 4 is 0 Å². The molecular weight excluding hydrogens is 198 g/mol. The minimum atomic E-state index is 0.158. The van der Waals surface area contributed by atoms with Gasteiger partial charge in [-0.3, -0.25) is 4.68 Å². The van der Waals surface area contributed by atoms with E-state index in [1.807, 2.05) is 6.20 Å². The molecule has 1 aliphatic heterocycles. The van der Waals surface area contributed by atoms with Gasteiger partial charge in [0.05, 0.1) is 11.2 Å². The van der Waals surface area contributed by atoms with Crippen LogP contribution >= 0.6 is 0 Å². The molecule has 1 fully saturated rings. The Kier molecular flexibility index (Phi) is 3.33. The Labute approximate surface area is 98.2 Å². The van der Waals surface area contributed by atoms with E-state index in [2.05, 4.69) is 41.9 Å². The van der Waals surface area contributed by atoms with Gasteiger partial charge in [-0.25, -0.2) is 0 Å².